The van der Waals surface area contributed by atoms with E-state index in [2.05, 4.69) is 4.99 Å². The van der Waals surface area contributed by atoms with Gasteiger partial charge in [0, 0.05) is 23.4 Å². The van der Waals surface area contributed by atoms with Gasteiger partial charge in [0.25, 0.3) is 5.69 Å². The van der Waals surface area contributed by atoms with Crippen molar-refractivity contribution in [2.75, 3.05) is 0 Å². The predicted molar refractivity (Wildman–Crippen MR) is 76.1 cm³/mol. The smallest absolute Gasteiger partial charge is 0.258 e. The summed E-state index contributed by atoms with van der Waals surface area (Å²) >= 11 is 0. The number of hydrogen-bond acceptors (Lipinski definition) is 3. The zero-order valence-corrected chi connectivity index (χ0v) is 10.8. The Hall–Kier alpha value is -2.49. The second kappa shape index (κ2) is 5.44. The molecule has 0 bridgehead atoms. The summed E-state index contributed by atoms with van der Waals surface area (Å²) in [7, 11) is 0. The van der Waals surface area contributed by atoms with Crippen molar-refractivity contribution in [3.63, 3.8) is 0 Å². The molecule has 0 aliphatic rings. The van der Waals surface area contributed by atoms with E-state index in [0.717, 1.165) is 17.0 Å². The standard InChI is InChI=1S/C15H14N2O2/c1-11-6-8-14(9-7-11)16-12(2)13-4-3-5-15(10-13)17(18)19/h3-10H,1-2H3. The molecular formula is C15H14N2O2. The summed E-state index contributed by atoms with van der Waals surface area (Å²) in [6.07, 6.45) is 0. The number of non-ortho nitro benzene ring substituents is 1. The van der Waals surface area contributed by atoms with Crippen molar-refractivity contribution in [2.24, 2.45) is 4.99 Å². The van der Waals surface area contributed by atoms with Gasteiger partial charge in [0.2, 0.25) is 0 Å². The van der Waals surface area contributed by atoms with Gasteiger partial charge in [0.15, 0.2) is 0 Å². The van der Waals surface area contributed by atoms with Gasteiger partial charge in [-0.1, -0.05) is 29.8 Å². The van der Waals surface area contributed by atoms with Crippen molar-refractivity contribution in [1.82, 2.24) is 0 Å². The Labute approximate surface area is 111 Å². The summed E-state index contributed by atoms with van der Waals surface area (Å²) < 4.78 is 0. The third-order valence-corrected chi connectivity index (χ3v) is 2.81. The predicted octanol–water partition coefficient (Wildman–Crippen LogP) is 4.04. The molecule has 2 rings (SSSR count). The highest BCUT2D eigenvalue weighted by Gasteiger charge is 2.07. The van der Waals surface area contributed by atoms with E-state index in [9.17, 15) is 10.1 Å². The average Bonchev–Trinajstić information content (AvgIpc) is 2.41. The fourth-order valence-electron chi connectivity index (χ4n) is 1.72. The molecule has 4 heteroatoms. The maximum absolute atomic E-state index is 10.7. The van der Waals surface area contributed by atoms with Gasteiger partial charge in [0.05, 0.1) is 10.6 Å². The molecular weight excluding hydrogens is 240 g/mol. The first-order valence-corrected chi connectivity index (χ1v) is 5.93. The molecule has 0 aromatic heterocycles. The molecule has 0 atom stereocenters. The second-order valence-corrected chi connectivity index (χ2v) is 4.34. The number of hydrogen-bond donors (Lipinski definition) is 0. The number of rotatable bonds is 3. The van der Waals surface area contributed by atoms with Crippen molar-refractivity contribution in [3.8, 4) is 0 Å². The van der Waals surface area contributed by atoms with E-state index in [0.29, 0.717) is 0 Å². The number of aryl methyl sites for hydroxylation is 1. The topological polar surface area (TPSA) is 55.5 Å². The van der Waals surface area contributed by atoms with Gasteiger partial charge in [-0.15, -0.1) is 0 Å². The number of nitro groups is 1. The fraction of sp³-hybridized carbons (Fsp3) is 0.133. The van der Waals surface area contributed by atoms with E-state index in [1.165, 1.54) is 17.7 Å². The molecule has 4 nitrogen and oxygen atoms in total. The normalized spacial score (nSPS) is 11.4. The van der Waals surface area contributed by atoms with Crippen LogP contribution in [0.4, 0.5) is 11.4 Å². The molecule has 0 saturated carbocycles. The maximum Gasteiger partial charge on any atom is 0.270 e. The summed E-state index contributed by atoms with van der Waals surface area (Å²) in [6.45, 7) is 3.86. The molecule has 0 saturated heterocycles. The van der Waals surface area contributed by atoms with Crippen LogP contribution in [0.3, 0.4) is 0 Å². The van der Waals surface area contributed by atoms with Crippen LogP contribution in [0.15, 0.2) is 53.5 Å². The first-order chi connectivity index (χ1) is 9.06. The van der Waals surface area contributed by atoms with Crippen LogP contribution in [0.25, 0.3) is 0 Å². The highest BCUT2D eigenvalue weighted by molar-refractivity contribution is 6.00. The van der Waals surface area contributed by atoms with E-state index < -0.39 is 4.92 Å². The van der Waals surface area contributed by atoms with Crippen LogP contribution in [0, 0.1) is 17.0 Å². The Morgan fingerprint density at radius 2 is 1.84 bits per heavy atom. The molecule has 19 heavy (non-hydrogen) atoms. The third-order valence-electron chi connectivity index (χ3n) is 2.81. The minimum Gasteiger partial charge on any atom is -0.258 e. The lowest BCUT2D eigenvalue weighted by Crippen LogP contribution is -1.96. The van der Waals surface area contributed by atoms with Gasteiger partial charge in [-0.2, -0.15) is 0 Å². The molecule has 2 aromatic rings. The minimum atomic E-state index is -0.400. The molecule has 96 valence electrons. The van der Waals surface area contributed by atoms with E-state index in [1.807, 2.05) is 44.2 Å². The van der Waals surface area contributed by atoms with Crippen LogP contribution in [0.2, 0.25) is 0 Å². The third kappa shape index (κ3) is 3.25. The largest absolute Gasteiger partial charge is 0.270 e. The molecule has 0 N–H and O–H groups in total. The Morgan fingerprint density at radius 1 is 1.16 bits per heavy atom. The van der Waals surface area contributed by atoms with Gasteiger partial charge in [-0.25, -0.2) is 0 Å². The zero-order valence-electron chi connectivity index (χ0n) is 10.8. The Bertz CT molecular complexity index is 631. The molecule has 0 unspecified atom stereocenters. The number of nitrogens with zero attached hydrogens (tertiary/aromatic N) is 2. The summed E-state index contributed by atoms with van der Waals surface area (Å²) in [6, 6.07) is 14.3. The Kier molecular flexibility index (Phi) is 3.71. The van der Waals surface area contributed by atoms with E-state index in [-0.39, 0.29) is 5.69 Å². The van der Waals surface area contributed by atoms with Crippen LogP contribution >= 0.6 is 0 Å². The summed E-state index contributed by atoms with van der Waals surface area (Å²) in [5.74, 6) is 0. The Morgan fingerprint density at radius 3 is 2.47 bits per heavy atom. The van der Waals surface area contributed by atoms with Crippen molar-refractivity contribution < 1.29 is 4.92 Å². The highest BCUT2D eigenvalue weighted by atomic mass is 16.6. The molecule has 0 aliphatic carbocycles. The summed E-state index contributed by atoms with van der Waals surface area (Å²) in [5.41, 5.74) is 3.61. The summed E-state index contributed by atoms with van der Waals surface area (Å²) in [4.78, 5) is 14.8. The first kappa shape index (κ1) is 13.0. The van der Waals surface area contributed by atoms with E-state index in [4.69, 9.17) is 0 Å². The molecule has 0 amide bonds. The molecule has 0 aliphatic heterocycles. The van der Waals surface area contributed by atoms with Crippen LogP contribution in [-0.2, 0) is 0 Å². The van der Waals surface area contributed by atoms with Gasteiger partial charge in [0.1, 0.15) is 0 Å². The second-order valence-electron chi connectivity index (χ2n) is 4.34. The SMILES string of the molecule is CC(=Nc1ccc(C)cc1)c1cccc([N+](=O)[O-])c1. The van der Waals surface area contributed by atoms with Crippen molar-refractivity contribution in [2.45, 2.75) is 13.8 Å². The molecule has 0 spiro atoms. The van der Waals surface area contributed by atoms with E-state index in [1.54, 1.807) is 6.07 Å². The average molecular weight is 254 g/mol. The maximum atomic E-state index is 10.7. The van der Waals surface area contributed by atoms with Gasteiger partial charge < -0.3 is 0 Å². The van der Waals surface area contributed by atoms with Crippen LogP contribution in [-0.4, -0.2) is 10.6 Å². The lowest BCUT2D eigenvalue weighted by Gasteiger charge is -2.02. The fourth-order valence-corrected chi connectivity index (χ4v) is 1.72. The zero-order chi connectivity index (χ0) is 13.8. The quantitative estimate of drug-likeness (QED) is 0.471. The van der Waals surface area contributed by atoms with Crippen LogP contribution < -0.4 is 0 Å². The lowest BCUT2D eigenvalue weighted by molar-refractivity contribution is -0.384. The minimum absolute atomic E-state index is 0.0796. The van der Waals surface area contributed by atoms with Crippen LogP contribution in [0.5, 0.6) is 0 Å². The van der Waals surface area contributed by atoms with Gasteiger partial charge in [-0.3, -0.25) is 15.1 Å². The molecule has 0 fully saturated rings. The number of aliphatic imine (C=N–C) groups is 1. The number of benzene rings is 2. The van der Waals surface area contributed by atoms with Gasteiger partial charge >= 0.3 is 0 Å². The van der Waals surface area contributed by atoms with Crippen LogP contribution in [0.1, 0.15) is 18.1 Å². The molecule has 0 radical (unpaired) electrons. The van der Waals surface area contributed by atoms with Crippen molar-refractivity contribution >= 4 is 17.1 Å². The monoisotopic (exact) mass is 254 g/mol. The van der Waals surface area contributed by atoms with Crippen molar-refractivity contribution in [1.29, 1.82) is 0 Å². The Balaban J connectivity index is 2.33. The van der Waals surface area contributed by atoms with Crippen molar-refractivity contribution in [3.05, 3.63) is 69.8 Å². The highest BCUT2D eigenvalue weighted by Crippen LogP contribution is 2.17. The summed E-state index contributed by atoms with van der Waals surface area (Å²) in [5, 5.41) is 10.7. The molecule has 2 aromatic carbocycles. The molecule has 0 heterocycles. The van der Waals surface area contributed by atoms with E-state index >= 15 is 0 Å². The lowest BCUT2D eigenvalue weighted by atomic mass is 10.1. The van der Waals surface area contributed by atoms with Gasteiger partial charge in [-0.05, 0) is 26.0 Å². The number of nitro benzene ring substituents is 1. The first-order valence-electron chi connectivity index (χ1n) is 5.93.